The highest BCUT2D eigenvalue weighted by Gasteiger charge is 2.12. The van der Waals surface area contributed by atoms with Crippen molar-refractivity contribution in [3.63, 3.8) is 0 Å². The second kappa shape index (κ2) is 5.28. The molecule has 0 aliphatic rings. The van der Waals surface area contributed by atoms with E-state index in [4.69, 9.17) is 4.98 Å². The molecular formula is C15H16N7P. The molecule has 4 heterocycles. The Hall–Kier alpha value is -2.53. The van der Waals surface area contributed by atoms with Gasteiger partial charge in [-0.2, -0.15) is 0 Å². The Morgan fingerprint density at radius 2 is 2.09 bits per heavy atom. The summed E-state index contributed by atoms with van der Waals surface area (Å²) in [6.45, 7) is 4.95. The molecule has 0 bridgehead atoms. The molecule has 23 heavy (non-hydrogen) atoms. The minimum Gasteiger partial charge on any atom is -0.338 e. The summed E-state index contributed by atoms with van der Waals surface area (Å²) >= 11 is 0. The highest BCUT2D eigenvalue weighted by atomic mass is 31.0. The third-order valence-electron chi connectivity index (χ3n) is 3.92. The molecule has 0 aliphatic heterocycles. The van der Waals surface area contributed by atoms with Gasteiger partial charge in [0.15, 0.2) is 5.65 Å². The Bertz CT molecular complexity index is 1020. The predicted octanol–water partition coefficient (Wildman–Crippen LogP) is 2.67. The van der Waals surface area contributed by atoms with Crippen molar-refractivity contribution in [3.8, 4) is 11.3 Å². The van der Waals surface area contributed by atoms with Crippen molar-refractivity contribution in [3.05, 3.63) is 36.4 Å². The second-order valence-corrected chi connectivity index (χ2v) is 5.52. The zero-order chi connectivity index (χ0) is 16.0. The lowest BCUT2D eigenvalue weighted by atomic mass is 10.2. The van der Waals surface area contributed by atoms with Crippen molar-refractivity contribution in [2.24, 2.45) is 0 Å². The molecular weight excluding hydrogens is 309 g/mol. The maximum absolute atomic E-state index is 4.81. The molecule has 0 fully saturated rings. The van der Waals surface area contributed by atoms with Crippen LogP contribution in [0.15, 0.2) is 30.6 Å². The first-order valence-corrected chi connectivity index (χ1v) is 7.94. The molecule has 7 nitrogen and oxygen atoms in total. The van der Waals surface area contributed by atoms with Crippen LogP contribution in [0.2, 0.25) is 0 Å². The van der Waals surface area contributed by atoms with Crippen LogP contribution in [0.3, 0.4) is 0 Å². The van der Waals surface area contributed by atoms with E-state index in [0.717, 1.165) is 40.3 Å². The van der Waals surface area contributed by atoms with Crippen molar-refractivity contribution in [2.75, 3.05) is 5.09 Å². The van der Waals surface area contributed by atoms with Gasteiger partial charge in [-0.1, -0.05) is 0 Å². The highest BCUT2D eigenvalue weighted by molar-refractivity contribution is 7.18. The van der Waals surface area contributed by atoms with Crippen LogP contribution in [0.5, 0.6) is 0 Å². The smallest absolute Gasteiger partial charge is 0.243 e. The first kappa shape index (κ1) is 14.1. The van der Waals surface area contributed by atoms with Crippen molar-refractivity contribution in [1.82, 2.24) is 29.1 Å². The summed E-state index contributed by atoms with van der Waals surface area (Å²) in [5, 5.41) is 7.22. The number of nitrogens with zero attached hydrogens (tertiary/aromatic N) is 6. The third kappa shape index (κ3) is 2.16. The van der Waals surface area contributed by atoms with Gasteiger partial charge in [-0.25, -0.2) is 19.5 Å². The molecule has 4 aromatic heterocycles. The van der Waals surface area contributed by atoms with Crippen LogP contribution in [-0.2, 0) is 6.54 Å². The van der Waals surface area contributed by atoms with Gasteiger partial charge in [-0.3, -0.25) is 0 Å². The molecule has 1 atom stereocenters. The van der Waals surface area contributed by atoms with E-state index < -0.39 is 0 Å². The van der Waals surface area contributed by atoms with E-state index in [1.807, 2.05) is 31.3 Å². The van der Waals surface area contributed by atoms with Crippen molar-refractivity contribution >= 4 is 32.0 Å². The fourth-order valence-electron chi connectivity index (χ4n) is 2.83. The highest BCUT2D eigenvalue weighted by Crippen LogP contribution is 2.26. The number of aromatic nitrogens is 6. The summed E-state index contributed by atoms with van der Waals surface area (Å²) < 4.78 is 3.91. The van der Waals surface area contributed by atoms with Gasteiger partial charge in [0.05, 0.1) is 17.4 Å². The maximum Gasteiger partial charge on any atom is 0.243 e. The van der Waals surface area contributed by atoms with Crippen molar-refractivity contribution < 1.29 is 0 Å². The number of aryl methyl sites for hydroxylation is 2. The number of hydrogen-bond acceptors (Lipinski definition) is 5. The van der Waals surface area contributed by atoms with Crippen molar-refractivity contribution in [2.45, 2.75) is 20.4 Å². The van der Waals surface area contributed by atoms with Gasteiger partial charge in [0.25, 0.3) is 0 Å². The normalized spacial score (nSPS) is 11.4. The minimum atomic E-state index is 0.549. The molecule has 1 N–H and O–H groups in total. The maximum atomic E-state index is 4.81. The van der Waals surface area contributed by atoms with E-state index in [1.165, 1.54) is 0 Å². The second-order valence-electron chi connectivity index (χ2n) is 5.23. The van der Waals surface area contributed by atoms with E-state index in [1.54, 1.807) is 10.7 Å². The van der Waals surface area contributed by atoms with Crippen LogP contribution < -0.4 is 5.09 Å². The number of pyridine rings is 1. The lowest BCUT2D eigenvalue weighted by Crippen LogP contribution is -1.99. The first-order valence-electron chi connectivity index (χ1n) is 7.36. The summed E-state index contributed by atoms with van der Waals surface area (Å²) in [6.07, 6.45) is 3.70. The van der Waals surface area contributed by atoms with Crippen LogP contribution >= 0.6 is 9.39 Å². The molecule has 0 saturated heterocycles. The number of nitrogens with one attached hydrogen (secondary N) is 1. The number of hydrogen-bond donors (Lipinski definition) is 1. The third-order valence-corrected chi connectivity index (χ3v) is 4.18. The predicted molar refractivity (Wildman–Crippen MR) is 93.3 cm³/mol. The Labute approximate surface area is 135 Å². The number of rotatable bonds is 3. The van der Waals surface area contributed by atoms with Gasteiger partial charge < -0.3 is 9.65 Å². The zero-order valence-corrected chi connectivity index (χ0v) is 14.0. The quantitative estimate of drug-likeness (QED) is 0.586. The van der Waals surface area contributed by atoms with E-state index in [9.17, 15) is 0 Å². The topological polar surface area (TPSA) is 72.9 Å². The van der Waals surface area contributed by atoms with Crippen LogP contribution in [-0.4, -0.2) is 29.1 Å². The molecule has 0 spiro atoms. The van der Waals surface area contributed by atoms with Gasteiger partial charge in [-0.15, -0.1) is 5.10 Å². The van der Waals surface area contributed by atoms with E-state index >= 15 is 0 Å². The minimum absolute atomic E-state index is 0.549. The Balaban J connectivity index is 1.91. The fourth-order valence-corrected chi connectivity index (χ4v) is 2.96. The molecule has 116 valence electrons. The first-order chi connectivity index (χ1) is 11.2. The molecule has 0 aromatic carbocycles. The average Bonchev–Trinajstić information content (AvgIpc) is 3.13. The standard InChI is InChI=1S/C15H16N7P/c1-3-21-9(2)17-12-5-4-11(18-14(12)21)10-6-7-22-13(10)8-16-15(19-22)20-23/h4-8H,3,23H2,1-2H3,(H,19,20). The largest absolute Gasteiger partial charge is 0.338 e. The summed E-state index contributed by atoms with van der Waals surface area (Å²) in [4.78, 5) is 13.6. The van der Waals surface area contributed by atoms with Gasteiger partial charge in [0, 0.05) is 18.3 Å². The SMILES string of the molecule is CCn1c(C)nc2ccc(-c3ccn4nc(NP)ncc34)nc21. The molecule has 4 aromatic rings. The Morgan fingerprint density at radius 3 is 2.87 bits per heavy atom. The lowest BCUT2D eigenvalue weighted by Gasteiger charge is -2.04. The number of anilines is 1. The fraction of sp³-hybridized carbons (Fsp3) is 0.200. The summed E-state index contributed by atoms with van der Waals surface area (Å²) in [5.74, 6) is 1.53. The molecule has 1 unspecified atom stereocenters. The molecule has 4 rings (SSSR count). The summed E-state index contributed by atoms with van der Waals surface area (Å²) in [7, 11) is 2.39. The zero-order valence-electron chi connectivity index (χ0n) is 12.9. The lowest BCUT2D eigenvalue weighted by molar-refractivity contribution is 0.746. The van der Waals surface area contributed by atoms with Gasteiger partial charge in [-0.05, 0) is 41.4 Å². The van der Waals surface area contributed by atoms with Gasteiger partial charge in [0.1, 0.15) is 11.3 Å². The van der Waals surface area contributed by atoms with E-state index in [0.29, 0.717) is 5.95 Å². The van der Waals surface area contributed by atoms with Crippen molar-refractivity contribution in [1.29, 1.82) is 0 Å². The monoisotopic (exact) mass is 325 g/mol. The number of fused-ring (bicyclic) bond motifs is 2. The van der Waals surface area contributed by atoms with Crippen LogP contribution in [0.25, 0.3) is 27.9 Å². The van der Waals surface area contributed by atoms with Crippen LogP contribution in [0, 0.1) is 6.92 Å². The van der Waals surface area contributed by atoms with E-state index in [2.05, 4.69) is 41.0 Å². The van der Waals surface area contributed by atoms with Gasteiger partial charge in [0.2, 0.25) is 5.95 Å². The summed E-state index contributed by atoms with van der Waals surface area (Å²) in [6, 6.07) is 6.01. The molecule has 0 amide bonds. The molecule has 0 radical (unpaired) electrons. The summed E-state index contributed by atoms with van der Waals surface area (Å²) in [5.41, 5.74) is 4.64. The Kier molecular flexibility index (Phi) is 3.23. The molecule has 8 heteroatoms. The molecule has 0 aliphatic carbocycles. The molecule has 0 saturated carbocycles. The number of imidazole rings is 1. The van der Waals surface area contributed by atoms with Crippen LogP contribution in [0.4, 0.5) is 5.95 Å². The average molecular weight is 325 g/mol. The van der Waals surface area contributed by atoms with E-state index in [-0.39, 0.29) is 0 Å². The van der Waals surface area contributed by atoms with Crippen LogP contribution in [0.1, 0.15) is 12.7 Å². The van der Waals surface area contributed by atoms with Gasteiger partial charge >= 0.3 is 0 Å². The Morgan fingerprint density at radius 1 is 1.22 bits per heavy atom.